The molecule has 15 heavy (non-hydrogen) atoms. The van der Waals surface area contributed by atoms with Crippen LogP contribution in [0.2, 0.25) is 0 Å². The normalized spacial score (nSPS) is 15.0. The van der Waals surface area contributed by atoms with Crippen molar-refractivity contribution in [3.8, 4) is 0 Å². The molecule has 2 atom stereocenters. The van der Waals surface area contributed by atoms with Gasteiger partial charge in [-0.3, -0.25) is 0 Å². The second-order valence-corrected chi connectivity index (χ2v) is 3.53. The molecule has 2 nitrogen and oxygen atoms in total. The summed E-state index contributed by atoms with van der Waals surface area (Å²) in [6.45, 7) is 1.89. The van der Waals surface area contributed by atoms with E-state index < -0.39 is 23.8 Å². The average Bonchev–Trinajstić information content (AvgIpc) is 2.17. The lowest BCUT2D eigenvalue weighted by Crippen LogP contribution is -2.29. The minimum absolute atomic E-state index is 0.335. The molecule has 0 saturated carbocycles. The van der Waals surface area contributed by atoms with Gasteiger partial charge >= 0.3 is 0 Å². The maximum absolute atomic E-state index is 13.2. The fourth-order valence-corrected chi connectivity index (χ4v) is 1.50. The topological polar surface area (TPSA) is 46.2 Å². The van der Waals surface area contributed by atoms with Crippen LogP contribution >= 0.6 is 0 Å². The van der Waals surface area contributed by atoms with E-state index in [1.807, 2.05) is 6.92 Å². The summed E-state index contributed by atoms with van der Waals surface area (Å²) in [6.07, 6.45) is -0.00498. The largest absolute Gasteiger partial charge is 0.387 e. The van der Waals surface area contributed by atoms with Gasteiger partial charge in [-0.15, -0.1) is 0 Å². The van der Waals surface area contributed by atoms with Crippen molar-refractivity contribution in [2.24, 2.45) is 5.73 Å². The van der Waals surface area contributed by atoms with E-state index in [2.05, 4.69) is 0 Å². The molecule has 2 unspecified atom stereocenters. The van der Waals surface area contributed by atoms with Crippen LogP contribution in [-0.4, -0.2) is 11.1 Å². The molecule has 0 bridgehead atoms. The molecule has 1 rings (SSSR count). The van der Waals surface area contributed by atoms with E-state index in [1.54, 1.807) is 0 Å². The Balaban J connectivity index is 2.94. The molecule has 0 amide bonds. The molecule has 84 valence electrons. The summed E-state index contributed by atoms with van der Waals surface area (Å²) in [5.74, 6) is -1.51. The standard InChI is InChI=1S/C11H15F2NO/c1-2-4-9(14)11(15)10-7(12)5-3-6-8(10)13/h3,5-6,9,11,15H,2,4,14H2,1H3. The summed E-state index contributed by atoms with van der Waals surface area (Å²) >= 11 is 0. The van der Waals surface area contributed by atoms with Gasteiger partial charge in [0.1, 0.15) is 11.6 Å². The minimum atomic E-state index is -1.29. The highest BCUT2D eigenvalue weighted by atomic mass is 19.1. The molecule has 1 aromatic carbocycles. The number of hydrogen-bond donors (Lipinski definition) is 2. The number of aliphatic hydroxyl groups excluding tert-OH is 1. The van der Waals surface area contributed by atoms with Gasteiger partial charge in [0.05, 0.1) is 11.7 Å². The highest BCUT2D eigenvalue weighted by molar-refractivity contribution is 5.23. The van der Waals surface area contributed by atoms with Gasteiger partial charge in [-0.2, -0.15) is 0 Å². The van der Waals surface area contributed by atoms with Crippen LogP contribution in [0.25, 0.3) is 0 Å². The highest BCUT2D eigenvalue weighted by Gasteiger charge is 2.22. The predicted octanol–water partition coefficient (Wildman–Crippen LogP) is 2.13. The van der Waals surface area contributed by atoms with E-state index in [-0.39, 0.29) is 5.56 Å². The predicted molar refractivity (Wildman–Crippen MR) is 54.2 cm³/mol. The Bertz CT molecular complexity index is 310. The van der Waals surface area contributed by atoms with Gasteiger partial charge in [0.2, 0.25) is 0 Å². The first-order chi connectivity index (χ1) is 7.07. The van der Waals surface area contributed by atoms with Crippen molar-refractivity contribution < 1.29 is 13.9 Å². The third-order valence-corrected chi connectivity index (χ3v) is 2.32. The van der Waals surface area contributed by atoms with Crippen molar-refractivity contribution in [1.29, 1.82) is 0 Å². The molecule has 0 saturated heterocycles. The van der Waals surface area contributed by atoms with Crippen LogP contribution in [0.3, 0.4) is 0 Å². The Morgan fingerprint density at radius 1 is 1.33 bits per heavy atom. The van der Waals surface area contributed by atoms with E-state index in [1.165, 1.54) is 6.07 Å². The van der Waals surface area contributed by atoms with Crippen LogP contribution < -0.4 is 5.73 Å². The monoisotopic (exact) mass is 215 g/mol. The molecular formula is C11H15F2NO. The summed E-state index contributed by atoms with van der Waals surface area (Å²) in [7, 11) is 0. The maximum Gasteiger partial charge on any atom is 0.132 e. The Kier molecular flexibility index (Phi) is 4.17. The Morgan fingerprint density at radius 3 is 2.33 bits per heavy atom. The van der Waals surface area contributed by atoms with E-state index in [0.717, 1.165) is 18.6 Å². The molecule has 3 N–H and O–H groups in total. The van der Waals surface area contributed by atoms with Crippen molar-refractivity contribution in [3.05, 3.63) is 35.4 Å². The van der Waals surface area contributed by atoms with Gasteiger partial charge in [-0.05, 0) is 18.6 Å². The van der Waals surface area contributed by atoms with Crippen molar-refractivity contribution in [2.45, 2.75) is 31.9 Å². The Hall–Kier alpha value is -1.00. The molecule has 0 spiro atoms. The molecule has 1 aromatic rings. The van der Waals surface area contributed by atoms with E-state index in [9.17, 15) is 13.9 Å². The van der Waals surface area contributed by atoms with E-state index in [0.29, 0.717) is 6.42 Å². The van der Waals surface area contributed by atoms with Gasteiger partial charge in [-0.25, -0.2) is 8.78 Å². The third-order valence-electron chi connectivity index (χ3n) is 2.32. The summed E-state index contributed by atoms with van der Waals surface area (Å²) in [6, 6.07) is 2.84. The zero-order chi connectivity index (χ0) is 11.4. The molecule has 0 aromatic heterocycles. The zero-order valence-corrected chi connectivity index (χ0v) is 8.58. The first-order valence-electron chi connectivity index (χ1n) is 4.95. The first kappa shape index (κ1) is 12.1. The smallest absolute Gasteiger partial charge is 0.132 e. The van der Waals surface area contributed by atoms with Crippen LogP contribution in [0.15, 0.2) is 18.2 Å². The number of benzene rings is 1. The molecule has 0 aliphatic rings. The number of aliphatic hydroxyl groups is 1. The number of nitrogens with two attached hydrogens (primary N) is 1. The van der Waals surface area contributed by atoms with Crippen molar-refractivity contribution >= 4 is 0 Å². The van der Waals surface area contributed by atoms with Crippen LogP contribution in [0.5, 0.6) is 0 Å². The number of halogens is 2. The second-order valence-electron chi connectivity index (χ2n) is 3.53. The van der Waals surface area contributed by atoms with Crippen molar-refractivity contribution in [2.75, 3.05) is 0 Å². The van der Waals surface area contributed by atoms with Gasteiger partial charge in [0.25, 0.3) is 0 Å². The van der Waals surface area contributed by atoms with E-state index >= 15 is 0 Å². The SMILES string of the molecule is CCCC(N)C(O)c1c(F)cccc1F. The average molecular weight is 215 g/mol. The molecule has 0 aliphatic carbocycles. The molecule has 0 fully saturated rings. The number of hydrogen-bond acceptors (Lipinski definition) is 2. The summed E-state index contributed by atoms with van der Waals surface area (Å²) in [4.78, 5) is 0. The van der Waals surface area contributed by atoms with E-state index in [4.69, 9.17) is 5.73 Å². The van der Waals surface area contributed by atoms with Gasteiger partial charge in [0, 0.05) is 6.04 Å². The van der Waals surface area contributed by atoms with Gasteiger partial charge < -0.3 is 10.8 Å². The zero-order valence-electron chi connectivity index (χ0n) is 8.58. The van der Waals surface area contributed by atoms with Crippen LogP contribution in [0, 0.1) is 11.6 Å². The fourth-order valence-electron chi connectivity index (χ4n) is 1.50. The lowest BCUT2D eigenvalue weighted by molar-refractivity contribution is 0.133. The fraction of sp³-hybridized carbons (Fsp3) is 0.455. The van der Waals surface area contributed by atoms with Crippen LogP contribution in [0.4, 0.5) is 8.78 Å². The minimum Gasteiger partial charge on any atom is -0.387 e. The number of rotatable bonds is 4. The summed E-state index contributed by atoms with van der Waals surface area (Å²) in [5, 5.41) is 9.68. The lowest BCUT2D eigenvalue weighted by Gasteiger charge is -2.19. The lowest BCUT2D eigenvalue weighted by atomic mass is 9.98. The molecule has 4 heteroatoms. The van der Waals surface area contributed by atoms with Crippen molar-refractivity contribution in [1.82, 2.24) is 0 Å². The Morgan fingerprint density at radius 2 is 1.87 bits per heavy atom. The second kappa shape index (κ2) is 5.19. The molecule has 0 radical (unpaired) electrons. The quantitative estimate of drug-likeness (QED) is 0.808. The third kappa shape index (κ3) is 2.73. The molecule has 0 aliphatic heterocycles. The van der Waals surface area contributed by atoms with Crippen molar-refractivity contribution in [3.63, 3.8) is 0 Å². The summed E-state index contributed by atoms with van der Waals surface area (Å²) < 4.78 is 26.5. The van der Waals surface area contributed by atoms with Crippen LogP contribution in [0.1, 0.15) is 31.4 Å². The molecular weight excluding hydrogens is 200 g/mol. The summed E-state index contributed by atoms with van der Waals surface area (Å²) in [5.41, 5.74) is 5.28. The Labute approximate surface area is 87.7 Å². The van der Waals surface area contributed by atoms with Gasteiger partial charge in [-0.1, -0.05) is 19.4 Å². The van der Waals surface area contributed by atoms with Crippen LogP contribution in [-0.2, 0) is 0 Å². The first-order valence-corrected chi connectivity index (χ1v) is 4.95. The maximum atomic E-state index is 13.2. The van der Waals surface area contributed by atoms with Gasteiger partial charge in [0.15, 0.2) is 0 Å². The molecule has 0 heterocycles. The highest BCUT2D eigenvalue weighted by Crippen LogP contribution is 2.24.